The number of hydrogen-bond acceptors (Lipinski definition) is 3. The van der Waals surface area contributed by atoms with Crippen LogP contribution in [0.25, 0.3) is 0 Å². The van der Waals surface area contributed by atoms with E-state index in [4.69, 9.17) is 15.2 Å². The molecule has 0 aromatic heterocycles. The smallest absolute Gasteiger partial charge is 0.188 e. The van der Waals surface area contributed by atoms with Gasteiger partial charge in [-0.1, -0.05) is 19.3 Å². The predicted octanol–water partition coefficient (Wildman–Crippen LogP) is 1.38. The molecule has 0 unspecified atom stereocenters. The summed E-state index contributed by atoms with van der Waals surface area (Å²) in [6, 6.07) is 0.511. The van der Waals surface area contributed by atoms with Gasteiger partial charge in [-0.05, 0) is 19.8 Å². The lowest BCUT2D eigenvalue weighted by Crippen LogP contribution is -2.41. The monoisotopic (exact) mass is 255 g/mol. The van der Waals surface area contributed by atoms with E-state index in [-0.39, 0.29) is 0 Å². The minimum absolute atomic E-state index is 0.464. The summed E-state index contributed by atoms with van der Waals surface area (Å²) in [6.45, 7) is 3.95. The number of aliphatic imine (C=N–C) groups is 1. The van der Waals surface area contributed by atoms with Gasteiger partial charge in [0.1, 0.15) is 0 Å². The Kier molecular flexibility index (Phi) is 4.83. The van der Waals surface area contributed by atoms with Crippen molar-refractivity contribution in [3.63, 3.8) is 0 Å². The summed E-state index contributed by atoms with van der Waals surface area (Å²) in [5.74, 6) is 0.0951. The lowest BCUT2D eigenvalue weighted by Gasteiger charge is -2.24. The standard InChI is InChI=1S/C13H25N3O2/c1-13(17-9-10-18-13)7-8-15-12(14)16-11-5-3-2-4-6-11/h11H,2-10H2,1H3,(H3,14,15,16). The van der Waals surface area contributed by atoms with Gasteiger partial charge < -0.3 is 20.5 Å². The third kappa shape index (κ3) is 4.14. The van der Waals surface area contributed by atoms with Crippen molar-refractivity contribution in [1.29, 1.82) is 0 Å². The fourth-order valence-corrected chi connectivity index (χ4v) is 2.58. The number of nitrogens with one attached hydrogen (secondary N) is 1. The number of rotatable bonds is 4. The first-order valence-corrected chi connectivity index (χ1v) is 7.02. The summed E-state index contributed by atoms with van der Waals surface area (Å²) in [5, 5.41) is 3.30. The molecular formula is C13H25N3O2. The first-order chi connectivity index (χ1) is 8.68. The highest BCUT2D eigenvalue weighted by atomic mass is 16.7. The van der Waals surface area contributed by atoms with Gasteiger partial charge in [0.05, 0.1) is 13.2 Å². The molecule has 18 heavy (non-hydrogen) atoms. The highest BCUT2D eigenvalue weighted by Crippen LogP contribution is 2.22. The Balaban J connectivity index is 1.68. The summed E-state index contributed by atoms with van der Waals surface area (Å²) in [5.41, 5.74) is 5.89. The van der Waals surface area contributed by atoms with Gasteiger partial charge in [0.25, 0.3) is 0 Å². The third-order valence-corrected chi connectivity index (χ3v) is 3.70. The highest BCUT2D eigenvalue weighted by Gasteiger charge is 2.30. The highest BCUT2D eigenvalue weighted by molar-refractivity contribution is 5.78. The summed E-state index contributed by atoms with van der Waals surface area (Å²) >= 11 is 0. The zero-order valence-corrected chi connectivity index (χ0v) is 11.3. The topological polar surface area (TPSA) is 68.9 Å². The molecule has 2 fully saturated rings. The molecule has 0 amide bonds. The Morgan fingerprint density at radius 3 is 2.61 bits per heavy atom. The molecule has 104 valence electrons. The molecule has 5 nitrogen and oxygen atoms in total. The third-order valence-electron chi connectivity index (χ3n) is 3.70. The normalized spacial score (nSPS) is 25.3. The van der Waals surface area contributed by atoms with E-state index in [9.17, 15) is 0 Å². The zero-order valence-electron chi connectivity index (χ0n) is 11.3. The Morgan fingerprint density at radius 1 is 1.28 bits per heavy atom. The molecule has 0 bridgehead atoms. The average molecular weight is 255 g/mol. The largest absolute Gasteiger partial charge is 0.370 e. The maximum Gasteiger partial charge on any atom is 0.188 e. The van der Waals surface area contributed by atoms with Gasteiger partial charge in [0, 0.05) is 19.0 Å². The summed E-state index contributed by atoms with van der Waals surface area (Å²) in [7, 11) is 0. The van der Waals surface area contributed by atoms with E-state index in [1.54, 1.807) is 0 Å². The second-order valence-corrected chi connectivity index (χ2v) is 5.33. The van der Waals surface area contributed by atoms with Crippen LogP contribution in [0.15, 0.2) is 4.99 Å². The molecule has 1 saturated heterocycles. The summed E-state index contributed by atoms with van der Waals surface area (Å²) in [4.78, 5) is 4.35. The van der Waals surface area contributed by atoms with Crippen LogP contribution in [0.5, 0.6) is 0 Å². The lowest BCUT2D eigenvalue weighted by molar-refractivity contribution is -0.144. The second kappa shape index (κ2) is 6.38. The van der Waals surface area contributed by atoms with E-state index in [1.807, 2.05) is 6.92 Å². The van der Waals surface area contributed by atoms with E-state index in [0.717, 1.165) is 6.42 Å². The Labute approximate surface area is 109 Å². The van der Waals surface area contributed by atoms with Crippen molar-refractivity contribution in [2.24, 2.45) is 10.7 Å². The van der Waals surface area contributed by atoms with Crippen LogP contribution in [-0.2, 0) is 9.47 Å². The van der Waals surface area contributed by atoms with Crippen LogP contribution in [0.3, 0.4) is 0 Å². The number of nitrogens with zero attached hydrogens (tertiary/aromatic N) is 1. The van der Waals surface area contributed by atoms with Crippen molar-refractivity contribution in [2.45, 2.75) is 57.3 Å². The van der Waals surface area contributed by atoms with Gasteiger partial charge in [0.15, 0.2) is 11.7 Å². The molecule has 0 spiro atoms. The van der Waals surface area contributed by atoms with Crippen molar-refractivity contribution in [2.75, 3.05) is 19.8 Å². The molecule has 2 rings (SSSR count). The quantitative estimate of drug-likeness (QED) is 0.588. The van der Waals surface area contributed by atoms with Crippen molar-refractivity contribution >= 4 is 5.96 Å². The molecule has 0 aromatic carbocycles. The van der Waals surface area contributed by atoms with Crippen LogP contribution in [0.2, 0.25) is 0 Å². The maximum absolute atomic E-state index is 5.89. The molecule has 2 aliphatic rings. The summed E-state index contributed by atoms with van der Waals surface area (Å²) < 4.78 is 11.0. The molecule has 1 saturated carbocycles. The number of guanidine groups is 1. The van der Waals surface area contributed by atoms with Gasteiger partial charge in [0.2, 0.25) is 0 Å². The van der Waals surface area contributed by atoms with E-state index in [0.29, 0.717) is 31.8 Å². The van der Waals surface area contributed by atoms with Gasteiger partial charge in [-0.2, -0.15) is 0 Å². The Morgan fingerprint density at radius 2 is 1.94 bits per heavy atom. The van der Waals surface area contributed by atoms with Gasteiger partial charge >= 0.3 is 0 Å². The molecular weight excluding hydrogens is 230 g/mol. The van der Waals surface area contributed by atoms with Crippen LogP contribution in [0.4, 0.5) is 0 Å². The van der Waals surface area contributed by atoms with Gasteiger partial charge in [-0.3, -0.25) is 4.99 Å². The molecule has 1 aliphatic heterocycles. The van der Waals surface area contributed by atoms with E-state index in [2.05, 4.69) is 10.3 Å². The number of nitrogens with two attached hydrogens (primary N) is 1. The van der Waals surface area contributed by atoms with Crippen molar-refractivity contribution in [3.05, 3.63) is 0 Å². The van der Waals surface area contributed by atoms with Crippen LogP contribution in [0, 0.1) is 0 Å². The van der Waals surface area contributed by atoms with E-state index >= 15 is 0 Å². The van der Waals surface area contributed by atoms with Gasteiger partial charge in [-0.15, -0.1) is 0 Å². The molecule has 3 N–H and O–H groups in total. The van der Waals surface area contributed by atoms with E-state index in [1.165, 1.54) is 32.1 Å². The van der Waals surface area contributed by atoms with E-state index < -0.39 is 5.79 Å². The second-order valence-electron chi connectivity index (χ2n) is 5.33. The summed E-state index contributed by atoms with van der Waals surface area (Å²) in [6.07, 6.45) is 7.11. The minimum atomic E-state index is -0.464. The molecule has 0 atom stereocenters. The molecule has 0 aromatic rings. The maximum atomic E-state index is 5.89. The first kappa shape index (κ1) is 13.6. The van der Waals surface area contributed by atoms with Crippen molar-refractivity contribution in [1.82, 2.24) is 5.32 Å². The lowest BCUT2D eigenvalue weighted by atomic mass is 9.96. The van der Waals surface area contributed by atoms with Gasteiger partial charge in [-0.25, -0.2) is 0 Å². The zero-order chi connectivity index (χ0) is 12.8. The van der Waals surface area contributed by atoms with Crippen molar-refractivity contribution < 1.29 is 9.47 Å². The average Bonchev–Trinajstić information content (AvgIpc) is 2.77. The predicted molar refractivity (Wildman–Crippen MR) is 71.4 cm³/mol. The first-order valence-electron chi connectivity index (χ1n) is 7.02. The van der Waals surface area contributed by atoms with Crippen LogP contribution >= 0.6 is 0 Å². The molecule has 5 heteroatoms. The van der Waals surface area contributed by atoms with Crippen LogP contribution < -0.4 is 11.1 Å². The minimum Gasteiger partial charge on any atom is -0.370 e. The van der Waals surface area contributed by atoms with Crippen LogP contribution in [-0.4, -0.2) is 37.5 Å². The number of hydrogen-bond donors (Lipinski definition) is 2. The number of ether oxygens (including phenoxy) is 2. The fourth-order valence-electron chi connectivity index (χ4n) is 2.58. The van der Waals surface area contributed by atoms with Crippen LogP contribution in [0.1, 0.15) is 45.4 Å². The molecule has 1 heterocycles. The molecule has 1 aliphatic carbocycles. The SMILES string of the molecule is CC1(CCN=C(N)NC2CCCCC2)OCCO1. The molecule has 0 radical (unpaired) electrons. The Hall–Kier alpha value is -0.810. The van der Waals surface area contributed by atoms with Crippen molar-refractivity contribution in [3.8, 4) is 0 Å². The fraction of sp³-hybridized carbons (Fsp3) is 0.923. The Bertz CT molecular complexity index is 282.